The monoisotopic (exact) mass is 392 g/mol. The highest BCUT2D eigenvalue weighted by atomic mass is 16.5. The maximum Gasteiger partial charge on any atom is 0.236 e. The van der Waals surface area contributed by atoms with Gasteiger partial charge < -0.3 is 14.5 Å². The summed E-state index contributed by atoms with van der Waals surface area (Å²) in [7, 11) is 0. The van der Waals surface area contributed by atoms with Crippen molar-refractivity contribution in [2.24, 2.45) is 0 Å². The Hall–Kier alpha value is -2.44. The smallest absolute Gasteiger partial charge is 0.236 e. The van der Waals surface area contributed by atoms with Gasteiger partial charge in [-0.2, -0.15) is 0 Å². The highest BCUT2D eigenvalue weighted by Crippen LogP contribution is 2.32. The zero-order valence-corrected chi connectivity index (χ0v) is 16.8. The average molecular weight is 393 g/mol. The number of anilines is 1. The van der Waals surface area contributed by atoms with E-state index in [0.29, 0.717) is 26.2 Å². The summed E-state index contributed by atoms with van der Waals surface area (Å²) in [5.74, 6) is 0.231. The topological polar surface area (TPSA) is 48.9 Å². The number of rotatable bonds is 3. The number of fused-ring (bicyclic) bond motifs is 1. The van der Waals surface area contributed by atoms with Crippen molar-refractivity contribution in [2.45, 2.75) is 25.0 Å². The first-order valence-electron chi connectivity index (χ1n) is 10.6. The van der Waals surface area contributed by atoms with Crippen LogP contribution >= 0.6 is 0 Å². The van der Waals surface area contributed by atoms with Gasteiger partial charge in [-0.15, -0.1) is 0 Å². The average Bonchev–Trinajstić information content (AvgIpc) is 3.17. The highest BCUT2D eigenvalue weighted by molar-refractivity contribution is 5.78. The molecule has 6 nitrogen and oxygen atoms in total. The quantitative estimate of drug-likeness (QED) is 0.799. The lowest BCUT2D eigenvalue weighted by molar-refractivity contribution is -0.148. The van der Waals surface area contributed by atoms with E-state index in [0.717, 1.165) is 39.0 Å². The summed E-state index contributed by atoms with van der Waals surface area (Å²) in [6, 6.07) is 12.7. The van der Waals surface area contributed by atoms with Gasteiger partial charge in [-0.1, -0.05) is 24.3 Å². The van der Waals surface area contributed by atoms with Crippen molar-refractivity contribution in [1.82, 2.24) is 14.8 Å². The maximum atomic E-state index is 13.1. The Bertz CT molecular complexity index is 874. The molecule has 5 rings (SSSR count). The van der Waals surface area contributed by atoms with E-state index in [9.17, 15) is 4.79 Å². The third-order valence-corrected chi connectivity index (χ3v) is 6.51. The van der Waals surface area contributed by atoms with Crippen LogP contribution in [0.25, 0.3) is 0 Å². The predicted octanol–water partition coefficient (Wildman–Crippen LogP) is 1.95. The third kappa shape index (κ3) is 3.87. The van der Waals surface area contributed by atoms with Crippen LogP contribution in [0.3, 0.4) is 0 Å². The van der Waals surface area contributed by atoms with Gasteiger partial charge in [-0.3, -0.25) is 14.7 Å². The van der Waals surface area contributed by atoms with E-state index in [1.54, 1.807) is 0 Å². The number of nitrogens with zero attached hydrogens (tertiary/aromatic N) is 4. The van der Waals surface area contributed by atoms with Crippen LogP contribution in [0.5, 0.6) is 0 Å². The van der Waals surface area contributed by atoms with Gasteiger partial charge in [-0.05, 0) is 36.1 Å². The fraction of sp³-hybridized carbons (Fsp3) is 0.478. The third-order valence-electron chi connectivity index (χ3n) is 6.51. The minimum absolute atomic E-state index is 0.231. The molecule has 1 amide bonds. The fourth-order valence-electron chi connectivity index (χ4n) is 4.90. The SMILES string of the molecule is O=C(CN1CCc2ccccc2C1)N1CCOC2(CCN(c3ccncc3)C2)C1. The molecule has 152 valence electrons. The van der Waals surface area contributed by atoms with Crippen LogP contribution in [-0.2, 0) is 22.5 Å². The molecular weight excluding hydrogens is 364 g/mol. The van der Waals surface area contributed by atoms with Gasteiger partial charge in [0.1, 0.15) is 5.60 Å². The molecule has 1 aromatic carbocycles. The van der Waals surface area contributed by atoms with Crippen LogP contribution < -0.4 is 4.90 Å². The molecule has 3 aliphatic heterocycles. The molecule has 6 heteroatoms. The van der Waals surface area contributed by atoms with E-state index < -0.39 is 0 Å². The number of benzene rings is 1. The molecule has 2 saturated heterocycles. The minimum atomic E-state index is -0.244. The molecule has 1 unspecified atom stereocenters. The Morgan fingerprint density at radius 3 is 2.72 bits per heavy atom. The number of hydrogen-bond donors (Lipinski definition) is 0. The standard InChI is InChI=1S/C23H28N4O2/c28-22(16-25-11-7-19-3-1-2-4-20(19)15-25)27-13-14-29-23(18-27)8-12-26(17-23)21-5-9-24-10-6-21/h1-6,9-10H,7-8,11-18H2. The molecule has 0 radical (unpaired) electrons. The van der Waals surface area contributed by atoms with Gasteiger partial charge in [-0.25, -0.2) is 0 Å². The number of ether oxygens (including phenoxy) is 1. The molecule has 1 aromatic heterocycles. The van der Waals surface area contributed by atoms with E-state index in [2.05, 4.69) is 39.0 Å². The number of amides is 1. The molecule has 2 aromatic rings. The second kappa shape index (κ2) is 7.76. The second-order valence-electron chi connectivity index (χ2n) is 8.45. The summed E-state index contributed by atoms with van der Waals surface area (Å²) in [6.07, 6.45) is 5.64. The molecule has 0 aliphatic carbocycles. The molecule has 29 heavy (non-hydrogen) atoms. The summed E-state index contributed by atoms with van der Waals surface area (Å²) in [5.41, 5.74) is 3.71. The second-order valence-corrected chi connectivity index (χ2v) is 8.45. The number of morpholine rings is 1. The summed E-state index contributed by atoms with van der Waals surface area (Å²) in [5, 5.41) is 0. The lowest BCUT2D eigenvalue weighted by Crippen LogP contribution is -2.56. The lowest BCUT2D eigenvalue weighted by Gasteiger charge is -2.41. The highest BCUT2D eigenvalue weighted by Gasteiger charge is 2.44. The lowest BCUT2D eigenvalue weighted by atomic mass is 9.99. The van der Waals surface area contributed by atoms with Crippen LogP contribution in [0.2, 0.25) is 0 Å². The number of carbonyl (C=O) groups excluding carboxylic acids is 1. The predicted molar refractivity (Wildman–Crippen MR) is 112 cm³/mol. The molecule has 2 fully saturated rings. The number of hydrogen-bond acceptors (Lipinski definition) is 5. The molecule has 0 N–H and O–H groups in total. The molecular formula is C23H28N4O2. The Morgan fingerprint density at radius 1 is 1.03 bits per heavy atom. The molecule has 4 heterocycles. The Labute approximate surface area is 172 Å². The van der Waals surface area contributed by atoms with Crippen LogP contribution in [-0.4, -0.2) is 72.2 Å². The van der Waals surface area contributed by atoms with Crippen LogP contribution in [0.4, 0.5) is 5.69 Å². The summed E-state index contributed by atoms with van der Waals surface area (Å²) < 4.78 is 6.23. The largest absolute Gasteiger partial charge is 0.369 e. The van der Waals surface area contributed by atoms with Crippen LogP contribution in [0, 0.1) is 0 Å². The first-order chi connectivity index (χ1) is 14.2. The molecule has 0 saturated carbocycles. The fourth-order valence-corrected chi connectivity index (χ4v) is 4.90. The first kappa shape index (κ1) is 18.6. The Balaban J connectivity index is 1.21. The van der Waals surface area contributed by atoms with Gasteiger partial charge in [0, 0.05) is 50.8 Å². The molecule has 0 bridgehead atoms. The zero-order valence-electron chi connectivity index (χ0n) is 16.8. The van der Waals surface area contributed by atoms with E-state index in [1.807, 2.05) is 29.4 Å². The van der Waals surface area contributed by atoms with E-state index in [-0.39, 0.29) is 11.5 Å². The molecule has 1 atom stereocenters. The summed E-state index contributed by atoms with van der Waals surface area (Å²) in [6.45, 7) is 6.11. The Morgan fingerprint density at radius 2 is 1.86 bits per heavy atom. The minimum Gasteiger partial charge on any atom is -0.369 e. The molecule has 1 spiro atoms. The van der Waals surface area contributed by atoms with Crippen molar-refractivity contribution in [1.29, 1.82) is 0 Å². The van der Waals surface area contributed by atoms with E-state index in [1.165, 1.54) is 16.8 Å². The molecule has 3 aliphatic rings. The van der Waals surface area contributed by atoms with Crippen molar-refractivity contribution in [3.8, 4) is 0 Å². The van der Waals surface area contributed by atoms with Crippen molar-refractivity contribution < 1.29 is 9.53 Å². The van der Waals surface area contributed by atoms with Crippen molar-refractivity contribution >= 4 is 11.6 Å². The van der Waals surface area contributed by atoms with Crippen molar-refractivity contribution in [2.75, 3.05) is 50.8 Å². The van der Waals surface area contributed by atoms with Crippen LogP contribution in [0.1, 0.15) is 17.5 Å². The van der Waals surface area contributed by atoms with Gasteiger partial charge >= 0.3 is 0 Å². The van der Waals surface area contributed by atoms with Gasteiger partial charge in [0.15, 0.2) is 0 Å². The van der Waals surface area contributed by atoms with Crippen molar-refractivity contribution in [3.63, 3.8) is 0 Å². The van der Waals surface area contributed by atoms with Crippen LogP contribution in [0.15, 0.2) is 48.8 Å². The van der Waals surface area contributed by atoms with E-state index in [4.69, 9.17) is 4.74 Å². The summed E-state index contributed by atoms with van der Waals surface area (Å²) in [4.78, 5) is 23.8. The Kier molecular flexibility index (Phi) is 4.97. The number of aromatic nitrogens is 1. The normalized spacial score (nSPS) is 24.7. The van der Waals surface area contributed by atoms with Gasteiger partial charge in [0.05, 0.1) is 19.7 Å². The van der Waals surface area contributed by atoms with E-state index >= 15 is 0 Å². The first-order valence-corrected chi connectivity index (χ1v) is 10.6. The van der Waals surface area contributed by atoms with Gasteiger partial charge in [0.2, 0.25) is 5.91 Å². The number of pyridine rings is 1. The zero-order chi connectivity index (χ0) is 19.7. The van der Waals surface area contributed by atoms with Gasteiger partial charge in [0.25, 0.3) is 0 Å². The number of carbonyl (C=O) groups is 1. The maximum absolute atomic E-state index is 13.1. The summed E-state index contributed by atoms with van der Waals surface area (Å²) >= 11 is 0. The van der Waals surface area contributed by atoms with Crippen molar-refractivity contribution in [3.05, 3.63) is 59.9 Å².